The molecule has 0 amide bonds. The lowest BCUT2D eigenvalue weighted by atomic mass is 9.85. The van der Waals surface area contributed by atoms with Crippen LogP contribution < -0.4 is 4.90 Å². The van der Waals surface area contributed by atoms with E-state index in [2.05, 4.69) is 14.9 Å². The Kier molecular flexibility index (Phi) is 5.04. The van der Waals surface area contributed by atoms with Crippen LogP contribution in [0.5, 0.6) is 0 Å². The molecule has 3 rings (SSSR count). The Bertz CT molecular complexity index is 705. The Balaban J connectivity index is 1.95. The number of esters is 1. The molecule has 130 valence electrons. The minimum Gasteiger partial charge on any atom is -0.462 e. The maximum atomic E-state index is 12.4. The van der Waals surface area contributed by atoms with Crippen LogP contribution in [0.3, 0.4) is 0 Å². The molecule has 6 heteroatoms. The normalized spacial score (nSPS) is 21.0. The summed E-state index contributed by atoms with van der Waals surface area (Å²) in [6, 6.07) is 2.30. The molecule has 24 heavy (non-hydrogen) atoms. The third-order valence-corrected chi connectivity index (χ3v) is 5.03. The second-order valence-electron chi connectivity index (χ2n) is 6.45. The second-order valence-corrected chi connectivity index (χ2v) is 6.45. The van der Waals surface area contributed by atoms with E-state index in [4.69, 9.17) is 4.74 Å². The summed E-state index contributed by atoms with van der Waals surface area (Å²) in [7, 11) is 2.04. The van der Waals surface area contributed by atoms with Gasteiger partial charge in [-0.2, -0.15) is 0 Å². The van der Waals surface area contributed by atoms with Gasteiger partial charge in [-0.15, -0.1) is 0 Å². The Labute approximate surface area is 141 Å². The number of carbonyl (C=O) groups is 1. The number of aromatic amines is 1. The molecular formula is C18H25N3O3. The summed E-state index contributed by atoms with van der Waals surface area (Å²) in [5.41, 5.74) is 2.16. The number of anilines is 1. The van der Waals surface area contributed by atoms with Gasteiger partial charge in [0.2, 0.25) is 0 Å². The molecule has 2 aromatic rings. The topological polar surface area (TPSA) is 78.5 Å². The van der Waals surface area contributed by atoms with Crippen LogP contribution >= 0.6 is 0 Å². The maximum absolute atomic E-state index is 12.4. The van der Waals surface area contributed by atoms with Crippen molar-refractivity contribution in [3.8, 4) is 0 Å². The molecule has 1 aliphatic rings. The zero-order valence-corrected chi connectivity index (χ0v) is 14.3. The van der Waals surface area contributed by atoms with Gasteiger partial charge in [-0.25, -0.2) is 9.78 Å². The fraction of sp³-hybridized carbons (Fsp3) is 0.556. The van der Waals surface area contributed by atoms with Crippen LogP contribution in [-0.4, -0.2) is 47.3 Å². The lowest BCUT2D eigenvalue weighted by Crippen LogP contribution is -2.36. The van der Waals surface area contributed by atoms with Gasteiger partial charge in [-0.1, -0.05) is 0 Å². The van der Waals surface area contributed by atoms with Gasteiger partial charge in [0.15, 0.2) is 0 Å². The highest BCUT2D eigenvalue weighted by Crippen LogP contribution is 2.35. The number of nitrogens with one attached hydrogen (secondary N) is 1. The molecule has 0 spiro atoms. The van der Waals surface area contributed by atoms with Crippen LogP contribution in [0.2, 0.25) is 0 Å². The molecule has 6 nitrogen and oxygen atoms in total. The van der Waals surface area contributed by atoms with Crippen molar-refractivity contribution in [3.05, 3.63) is 24.0 Å². The minimum atomic E-state index is -0.334. The van der Waals surface area contributed by atoms with Crippen molar-refractivity contribution in [1.82, 2.24) is 9.97 Å². The van der Waals surface area contributed by atoms with Crippen LogP contribution in [0.1, 0.15) is 43.0 Å². The first-order chi connectivity index (χ1) is 11.7. The van der Waals surface area contributed by atoms with Gasteiger partial charge >= 0.3 is 5.97 Å². The van der Waals surface area contributed by atoms with Gasteiger partial charge in [-0.05, 0) is 44.6 Å². The summed E-state index contributed by atoms with van der Waals surface area (Å²) in [5, 5.41) is 10.3. The van der Waals surface area contributed by atoms with Crippen LogP contribution in [0.15, 0.2) is 18.5 Å². The summed E-state index contributed by atoms with van der Waals surface area (Å²) in [4.78, 5) is 22.0. The van der Waals surface area contributed by atoms with Crippen molar-refractivity contribution in [2.24, 2.45) is 5.92 Å². The van der Waals surface area contributed by atoms with E-state index >= 15 is 0 Å². The number of rotatable bonds is 5. The summed E-state index contributed by atoms with van der Waals surface area (Å²) < 4.78 is 5.22. The fourth-order valence-corrected chi connectivity index (χ4v) is 3.63. The number of H-pyrrole nitrogens is 1. The molecule has 2 aromatic heterocycles. The Morgan fingerprint density at radius 3 is 2.83 bits per heavy atom. The number of aliphatic hydroxyl groups excluding tert-OH is 1. The Morgan fingerprint density at radius 2 is 2.17 bits per heavy atom. The van der Waals surface area contributed by atoms with Crippen LogP contribution in [0.4, 0.5) is 5.69 Å². The first-order valence-electron chi connectivity index (χ1n) is 8.62. The van der Waals surface area contributed by atoms with Crippen LogP contribution in [0.25, 0.3) is 11.0 Å². The van der Waals surface area contributed by atoms with Crippen molar-refractivity contribution in [1.29, 1.82) is 0 Å². The van der Waals surface area contributed by atoms with Crippen LogP contribution in [0, 0.1) is 5.92 Å². The van der Waals surface area contributed by atoms with Gasteiger partial charge in [0.25, 0.3) is 0 Å². The molecule has 0 aromatic carbocycles. The number of aliphatic hydroxyl groups is 1. The predicted molar refractivity (Wildman–Crippen MR) is 93.3 cm³/mol. The summed E-state index contributed by atoms with van der Waals surface area (Å²) in [6.07, 6.45) is 7.49. The Morgan fingerprint density at radius 1 is 1.42 bits per heavy atom. The summed E-state index contributed by atoms with van der Waals surface area (Å²) in [6.45, 7) is 2.41. The molecular weight excluding hydrogens is 306 g/mol. The van der Waals surface area contributed by atoms with E-state index in [1.807, 2.05) is 19.3 Å². The number of fused-ring (bicyclic) bond motifs is 1. The number of hydrogen-bond donors (Lipinski definition) is 2. The van der Waals surface area contributed by atoms with Crippen molar-refractivity contribution < 1.29 is 14.6 Å². The van der Waals surface area contributed by atoms with E-state index in [-0.39, 0.29) is 12.6 Å². The molecule has 0 unspecified atom stereocenters. The smallest absolute Gasteiger partial charge is 0.341 e. The largest absolute Gasteiger partial charge is 0.462 e. The molecule has 0 atom stereocenters. The van der Waals surface area contributed by atoms with Crippen LogP contribution in [-0.2, 0) is 4.74 Å². The van der Waals surface area contributed by atoms with E-state index in [9.17, 15) is 9.90 Å². The zero-order chi connectivity index (χ0) is 17.1. The van der Waals surface area contributed by atoms with Gasteiger partial charge < -0.3 is 19.7 Å². The summed E-state index contributed by atoms with van der Waals surface area (Å²) in [5.74, 6) is 0.0721. The predicted octanol–water partition coefficient (Wildman–Crippen LogP) is 2.73. The third kappa shape index (κ3) is 3.11. The van der Waals surface area contributed by atoms with Gasteiger partial charge in [0.1, 0.15) is 11.2 Å². The lowest BCUT2D eigenvalue weighted by molar-refractivity contribution is 0.0526. The molecule has 1 fully saturated rings. The van der Waals surface area contributed by atoms with Crippen molar-refractivity contribution in [2.45, 2.75) is 38.6 Å². The van der Waals surface area contributed by atoms with Gasteiger partial charge in [-0.3, -0.25) is 0 Å². The minimum absolute atomic E-state index is 0.266. The van der Waals surface area contributed by atoms with E-state index in [1.165, 1.54) is 0 Å². The standard InChI is InChI=1S/C18H25N3O3/c1-3-24-18(23)15-10-20-17-14(8-9-19-17)16(15)21(2)13-6-4-12(11-22)5-7-13/h8-10,12-13,22H,3-7,11H2,1-2H3,(H,19,20)/t12-,13-. The SMILES string of the molecule is CCOC(=O)c1cnc2[nH]ccc2c1N(C)[C@H]1CC[C@H](CO)CC1. The van der Waals surface area contributed by atoms with Crippen molar-refractivity contribution in [2.75, 3.05) is 25.2 Å². The molecule has 0 aliphatic heterocycles. The third-order valence-electron chi connectivity index (χ3n) is 5.03. The Hall–Kier alpha value is -2.08. The highest BCUT2D eigenvalue weighted by molar-refractivity contribution is 6.04. The number of hydrogen-bond acceptors (Lipinski definition) is 5. The highest BCUT2D eigenvalue weighted by atomic mass is 16.5. The van der Waals surface area contributed by atoms with Crippen molar-refractivity contribution >= 4 is 22.7 Å². The van der Waals surface area contributed by atoms with E-state index in [0.717, 1.165) is 42.4 Å². The first-order valence-corrected chi connectivity index (χ1v) is 8.62. The molecule has 2 N–H and O–H groups in total. The number of carbonyl (C=O) groups excluding carboxylic acids is 1. The van der Waals surface area contributed by atoms with E-state index in [1.54, 1.807) is 13.1 Å². The molecule has 1 aliphatic carbocycles. The average molecular weight is 331 g/mol. The van der Waals surface area contributed by atoms with Gasteiger partial charge in [0.05, 0.1) is 12.3 Å². The number of pyridine rings is 1. The van der Waals surface area contributed by atoms with E-state index in [0.29, 0.717) is 24.1 Å². The number of ether oxygens (including phenoxy) is 1. The van der Waals surface area contributed by atoms with Crippen molar-refractivity contribution in [3.63, 3.8) is 0 Å². The maximum Gasteiger partial charge on any atom is 0.341 e. The van der Waals surface area contributed by atoms with E-state index < -0.39 is 0 Å². The summed E-state index contributed by atoms with van der Waals surface area (Å²) >= 11 is 0. The lowest BCUT2D eigenvalue weighted by Gasteiger charge is -2.36. The first kappa shape index (κ1) is 16.8. The molecule has 2 heterocycles. The monoisotopic (exact) mass is 331 g/mol. The average Bonchev–Trinajstić information content (AvgIpc) is 3.09. The number of aromatic nitrogens is 2. The zero-order valence-electron chi connectivity index (χ0n) is 14.3. The molecule has 0 saturated heterocycles. The quantitative estimate of drug-likeness (QED) is 0.824. The molecule has 0 radical (unpaired) electrons. The second kappa shape index (κ2) is 7.21. The molecule has 1 saturated carbocycles. The van der Waals surface area contributed by atoms with Gasteiger partial charge in [0, 0.05) is 37.5 Å². The highest BCUT2D eigenvalue weighted by Gasteiger charge is 2.28. The molecule has 0 bridgehead atoms. The number of nitrogens with zero attached hydrogens (tertiary/aromatic N) is 2. The fourth-order valence-electron chi connectivity index (χ4n) is 3.63.